The van der Waals surface area contributed by atoms with Gasteiger partial charge in [-0.15, -0.1) is 0 Å². The molecule has 0 N–H and O–H groups in total. The van der Waals surface area contributed by atoms with Gasteiger partial charge in [-0.2, -0.15) is 0 Å². The Balaban J connectivity index is 4.30. The fraction of sp³-hybridized carbons (Fsp3) is 0.767. The fourth-order valence-corrected chi connectivity index (χ4v) is 9.84. The molecule has 0 saturated carbocycles. The van der Waals surface area contributed by atoms with Gasteiger partial charge >= 0.3 is 17.9 Å². The summed E-state index contributed by atoms with van der Waals surface area (Å²) in [5, 5.41) is 0. The Hall–Kier alpha value is -3.41. The Morgan fingerprint density at radius 3 is 0.772 bits per heavy atom. The first kappa shape index (κ1) is 75.6. The van der Waals surface area contributed by atoms with Crippen LogP contribution in [0.3, 0.4) is 0 Å². The molecule has 0 radical (unpaired) electrons. The van der Waals surface area contributed by atoms with Crippen LogP contribution in [0.15, 0.2) is 85.1 Å². The molecule has 0 amide bonds. The third-order valence-corrected chi connectivity index (χ3v) is 14.9. The van der Waals surface area contributed by atoms with E-state index in [0.29, 0.717) is 19.3 Å². The molecule has 0 aromatic rings. The van der Waals surface area contributed by atoms with Gasteiger partial charge in [0.05, 0.1) is 0 Å². The van der Waals surface area contributed by atoms with Gasteiger partial charge in [0.15, 0.2) is 6.10 Å². The van der Waals surface area contributed by atoms with Gasteiger partial charge in [-0.1, -0.05) is 331 Å². The van der Waals surface area contributed by atoms with Crippen molar-refractivity contribution >= 4 is 17.9 Å². The van der Waals surface area contributed by atoms with Crippen molar-refractivity contribution in [3.8, 4) is 0 Å². The second-order valence-corrected chi connectivity index (χ2v) is 22.7. The molecule has 0 spiro atoms. The topological polar surface area (TPSA) is 78.9 Å². The van der Waals surface area contributed by atoms with Crippen LogP contribution in [0.4, 0.5) is 0 Å². The number of hydrogen-bond acceptors (Lipinski definition) is 6. The van der Waals surface area contributed by atoms with Crippen molar-refractivity contribution < 1.29 is 28.6 Å². The van der Waals surface area contributed by atoms with Crippen molar-refractivity contribution in [2.45, 2.75) is 348 Å². The van der Waals surface area contributed by atoms with Gasteiger partial charge in [0.1, 0.15) is 13.2 Å². The average Bonchev–Trinajstić information content (AvgIpc) is 3.45. The predicted molar refractivity (Wildman–Crippen MR) is 344 cm³/mol. The normalized spacial score (nSPS) is 12.6. The largest absolute Gasteiger partial charge is 0.462 e. The Bertz CT molecular complexity index is 1500. The summed E-state index contributed by atoms with van der Waals surface area (Å²) in [5.41, 5.74) is 0. The number of carbonyl (C=O) groups excluding carboxylic acids is 3. The summed E-state index contributed by atoms with van der Waals surface area (Å²) in [6.07, 6.45) is 89.0. The lowest BCUT2D eigenvalue weighted by atomic mass is 10.0. The number of hydrogen-bond donors (Lipinski definition) is 0. The van der Waals surface area contributed by atoms with Crippen molar-refractivity contribution in [3.05, 3.63) is 85.1 Å². The van der Waals surface area contributed by atoms with E-state index in [1.165, 1.54) is 193 Å². The Morgan fingerprint density at radius 2 is 0.494 bits per heavy atom. The number of unbranched alkanes of at least 4 members (excludes halogenated alkanes) is 37. The first-order chi connectivity index (χ1) is 39.0. The fourth-order valence-electron chi connectivity index (χ4n) is 9.84. The lowest BCUT2D eigenvalue weighted by Crippen LogP contribution is -2.30. The van der Waals surface area contributed by atoms with E-state index in [2.05, 4.69) is 106 Å². The van der Waals surface area contributed by atoms with Crippen molar-refractivity contribution in [2.24, 2.45) is 0 Å². The molecular weight excluding hydrogens is 973 g/mol. The molecule has 1 unspecified atom stereocenters. The maximum absolute atomic E-state index is 12.9. The molecule has 456 valence electrons. The summed E-state index contributed by atoms with van der Waals surface area (Å²) < 4.78 is 16.9. The monoisotopic (exact) mass is 1100 g/mol. The Kier molecular flexibility index (Phi) is 64.2. The summed E-state index contributed by atoms with van der Waals surface area (Å²) in [6.45, 7) is 6.54. The molecule has 0 heterocycles. The van der Waals surface area contributed by atoms with Gasteiger partial charge in [0.2, 0.25) is 0 Å². The van der Waals surface area contributed by atoms with Gasteiger partial charge in [0.25, 0.3) is 0 Å². The van der Waals surface area contributed by atoms with Crippen LogP contribution in [-0.4, -0.2) is 37.2 Å². The van der Waals surface area contributed by atoms with Crippen LogP contribution >= 0.6 is 0 Å². The zero-order valence-corrected chi connectivity index (χ0v) is 52.4. The van der Waals surface area contributed by atoms with Gasteiger partial charge in [-0.25, -0.2) is 0 Å². The van der Waals surface area contributed by atoms with Gasteiger partial charge in [-0.3, -0.25) is 14.4 Å². The van der Waals surface area contributed by atoms with E-state index in [1.807, 2.05) is 0 Å². The molecule has 0 aliphatic rings. The van der Waals surface area contributed by atoms with E-state index in [1.54, 1.807) is 0 Å². The third kappa shape index (κ3) is 65.3. The molecule has 0 aromatic carbocycles. The predicted octanol–water partition coefficient (Wildman–Crippen LogP) is 23.4. The minimum Gasteiger partial charge on any atom is -0.462 e. The summed E-state index contributed by atoms with van der Waals surface area (Å²) in [4.78, 5) is 38.3. The Labute approximate surface area is 490 Å². The number of ether oxygens (including phenoxy) is 3. The molecule has 0 aromatic heterocycles. The van der Waals surface area contributed by atoms with Gasteiger partial charge < -0.3 is 14.2 Å². The summed E-state index contributed by atoms with van der Waals surface area (Å²) in [6, 6.07) is 0. The zero-order valence-electron chi connectivity index (χ0n) is 52.4. The van der Waals surface area contributed by atoms with Crippen molar-refractivity contribution in [1.29, 1.82) is 0 Å². The molecule has 1 atom stereocenters. The molecule has 0 aliphatic heterocycles. The van der Waals surface area contributed by atoms with Gasteiger partial charge in [-0.05, 0) is 77.0 Å². The molecule has 0 saturated heterocycles. The maximum Gasteiger partial charge on any atom is 0.306 e. The van der Waals surface area contributed by atoms with Crippen LogP contribution in [0.5, 0.6) is 0 Å². The lowest BCUT2D eigenvalue weighted by molar-refractivity contribution is -0.167. The SMILES string of the molecule is CC/C=C\C/C=C\C/C=C\C/C=C\C/C=C\C/C=C\C/C=C\CCCCCC(=O)OCC(COC(=O)CCCCCCCCCCCCC)OC(=O)CCCCCCCCCCCCCCCCCCCCCCCCCCC. The maximum atomic E-state index is 12.9. The number of esters is 3. The molecule has 79 heavy (non-hydrogen) atoms. The van der Waals surface area contributed by atoms with E-state index in [4.69, 9.17) is 14.2 Å². The van der Waals surface area contributed by atoms with E-state index in [-0.39, 0.29) is 31.1 Å². The van der Waals surface area contributed by atoms with Crippen LogP contribution in [0.1, 0.15) is 342 Å². The van der Waals surface area contributed by atoms with E-state index in [0.717, 1.165) is 109 Å². The highest BCUT2D eigenvalue weighted by atomic mass is 16.6. The molecule has 0 fully saturated rings. The second kappa shape index (κ2) is 67.1. The Morgan fingerprint density at radius 1 is 0.266 bits per heavy atom. The van der Waals surface area contributed by atoms with E-state index < -0.39 is 6.10 Å². The highest BCUT2D eigenvalue weighted by molar-refractivity contribution is 5.71. The standard InChI is InChI=1S/C73H128O6/c1-4-7-10-13-16-19-22-24-26-28-30-32-34-36-38-40-42-44-46-48-51-54-57-60-63-66-72(75)78-69-70(68-77-71(74)65-62-59-56-53-50-21-18-15-12-9-6-3)79-73(76)67-64-61-58-55-52-49-47-45-43-41-39-37-35-33-31-29-27-25-23-20-17-14-11-8-5-2/h7,10,16,19,24,26,30,32,36,38,42,44,48,51,70H,4-6,8-9,11-15,17-18,20-23,25,27-29,31,33-35,37,39-41,43,45-47,49-50,52-69H2,1-3H3/b10-7-,19-16-,26-24-,32-30-,38-36-,44-42-,51-48-. The molecule has 6 heteroatoms. The molecule has 6 nitrogen and oxygen atoms in total. The van der Waals surface area contributed by atoms with Crippen molar-refractivity contribution in [1.82, 2.24) is 0 Å². The quantitative estimate of drug-likeness (QED) is 0.0261. The number of carbonyl (C=O) groups is 3. The highest BCUT2D eigenvalue weighted by Crippen LogP contribution is 2.18. The van der Waals surface area contributed by atoms with Crippen LogP contribution in [-0.2, 0) is 28.6 Å². The molecule has 0 rings (SSSR count). The first-order valence-corrected chi connectivity index (χ1v) is 34.1. The average molecular weight is 1100 g/mol. The third-order valence-electron chi connectivity index (χ3n) is 14.9. The van der Waals surface area contributed by atoms with Crippen molar-refractivity contribution in [3.63, 3.8) is 0 Å². The zero-order chi connectivity index (χ0) is 57.1. The molecule has 0 aliphatic carbocycles. The minimum absolute atomic E-state index is 0.0831. The van der Waals surface area contributed by atoms with Crippen LogP contribution < -0.4 is 0 Å². The van der Waals surface area contributed by atoms with Crippen LogP contribution in [0.25, 0.3) is 0 Å². The van der Waals surface area contributed by atoms with Gasteiger partial charge in [0, 0.05) is 19.3 Å². The van der Waals surface area contributed by atoms with Crippen LogP contribution in [0, 0.1) is 0 Å². The van der Waals surface area contributed by atoms with E-state index >= 15 is 0 Å². The van der Waals surface area contributed by atoms with E-state index in [9.17, 15) is 14.4 Å². The smallest absolute Gasteiger partial charge is 0.306 e. The summed E-state index contributed by atoms with van der Waals surface area (Å²) in [7, 11) is 0. The second-order valence-electron chi connectivity index (χ2n) is 22.7. The van der Waals surface area contributed by atoms with Crippen LogP contribution in [0.2, 0.25) is 0 Å². The summed E-state index contributed by atoms with van der Waals surface area (Å²) >= 11 is 0. The number of rotatable bonds is 62. The first-order valence-electron chi connectivity index (χ1n) is 34.1. The minimum atomic E-state index is -0.789. The van der Waals surface area contributed by atoms with Crippen molar-refractivity contribution in [2.75, 3.05) is 13.2 Å². The molecular formula is C73H128O6. The lowest BCUT2D eigenvalue weighted by Gasteiger charge is -2.18. The highest BCUT2D eigenvalue weighted by Gasteiger charge is 2.19. The summed E-state index contributed by atoms with van der Waals surface area (Å²) in [5.74, 6) is -0.901. The number of allylic oxidation sites excluding steroid dienone is 14. The molecule has 0 bridgehead atoms.